The first-order valence-corrected chi connectivity index (χ1v) is 4.47. The van der Waals surface area contributed by atoms with E-state index in [1.54, 1.807) is 7.05 Å². The summed E-state index contributed by atoms with van der Waals surface area (Å²) in [5.41, 5.74) is -0.233. The summed E-state index contributed by atoms with van der Waals surface area (Å²) in [6.45, 7) is 5.38. The zero-order valence-electron chi connectivity index (χ0n) is 8.02. The monoisotopic (exact) mass is 171 g/mol. The Morgan fingerprint density at radius 2 is 2.25 bits per heavy atom. The maximum Gasteiger partial charge on any atom is 0.230 e. The predicted octanol–water partition coefficient (Wildman–Crippen LogP) is 0.795. The van der Waals surface area contributed by atoms with Crippen LogP contribution in [0.2, 0.25) is 0 Å². The number of carbonyl (C=O) groups is 1. The second-order valence-corrected chi connectivity index (χ2v) is 3.54. The van der Waals surface area contributed by atoms with E-state index in [0.29, 0.717) is 19.1 Å². The average molecular weight is 171 g/mol. The first-order valence-electron chi connectivity index (χ1n) is 4.47. The predicted molar refractivity (Wildman–Crippen MR) is 46.8 cm³/mol. The van der Waals surface area contributed by atoms with Crippen LogP contribution < -0.4 is 5.32 Å². The van der Waals surface area contributed by atoms with Crippen LogP contribution in [0.4, 0.5) is 0 Å². The average Bonchev–Trinajstić information content (AvgIpc) is 2.01. The van der Waals surface area contributed by atoms with Crippen LogP contribution in [0.5, 0.6) is 0 Å². The number of rotatable bonds is 3. The minimum absolute atomic E-state index is 0.128. The van der Waals surface area contributed by atoms with E-state index in [-0.39, 0.29) is 11.3 Å². The van der Waals surface area contributed by atoms with Crippen molar-refractivity contribution in [1.82, 2.24) is 5.32 Å². The van der Waals surface area contributed by atoms with E-state index in [0.717, 1.165) is 6.42 Å². The van der Waals surface area contributed by atoms with Crippen molar-refractivity contribution in [3.8, 4) is 0 Å². The molecule has 0 radical (unpaired) electrons. The molecular formula is C9H17NO2. The van der Waals surface area contributed by atoms with Crippen molar-refractivity contribution in [3.63, 3.8) is 0 Å². The van der Waals surface area contributed by atoms with E-state index in [9.17, 15) is 4.79 Å². The van der Waals surface area contributed by atoms with Crippen LogP contribution in [-0.2, 0) is 9.53 Å². The zero-order valence-corrected chi connectivity index (χ0v) is 8.02. The molecule has 1 fully saturated rings. The normalized spacial score (nSPS) is 22.6. The maximum atomic E-state index is 11.5. The molecule has 1 aliphatic heterocycles. The topological polar surface area (TPSA) is 38.3 Å². The largest absolute Gasteiger partial charge is 0.379 e. The van der Waals surface area contributed by atoms with Gasteiger partial charge in [0.2, 0.25) is 5.91 Å². The van der Waals surface area contributed by atoms with E-state index in [1.807, 2.05) is 0 Å². The fraction of sp³-hybridized carbons (Fsp3) is 0.889. The van der Waals surface area contributed by atoms with Crippen molar-refractivity contribution in [2.75, 3.05) is 20.3 Å². The summed E-state index contributed by atoms with van der Waals surface area (Å²) in [4.78, 5) is 11.5. The standard InChI is InChI=1S/C9H17NO2/c1-4-7(2)9(5-12-6-9)8(11)10-3/h7H,4-6H2,1-3H3,(H,10,11). The number of ether oxygens (including phenoxy) is 1. The van der Waals surface area contributed by atoms with Crippen molar-refractivity contribution >= 4 is 5.91 Å². The summed E-state index contributed by atoms with van der Waals surface area (Å²) < 4.78 is 5.12. The highest BCUT2D eigenvalue weighted by molar-refractivity contribution is 5.83. The van der Waals surface area contributed by atoms with Crippen molar-refractivity contribution in [2.24, 2.45) is 11.3 Å². The highest BCUT2D eigenvalue weighted by Crippen LogP contribution is 2.37. The third kappa shape index (κ3) is 1.22. The molecule has 0 bridgehead atoms. The molecule has 70 valence electrons. The fourth-order valence-corrected chi connectivity index (χ4v) is 1.60. The Morgan fingerprint density at radius 3 is 2.50 bits per heavy atom. The molecule has 1 amide bonds. The summed E-state index contributed by atoms with van der Waals surface area (Å²) >= 11 is 0. The summed E-state index contributed by atoms with van der Waals surface area (Å²) in [6, 6.07) is 0. The Labute approximate surface area is 73.5 Å². The van der Waals surface area contributed by atoms with E-state index >= 15 is 0 Å². The van der Waals surface area contributed by atoms with Crippen LogP contribution in [0.15, 0.2) is 0 Å². The van der Waals surface area contributed by atoms with Gasteiger partial charge < -0.3 is 10.1 Å². The van der Waals surface area contributed by atoms with Gasteiger partial charge in [-0.15, -0.1) is 0 Å². The second kappa shape index (κ2) is 3.44. The van der Waals surface area contributed by atoms with Gasteiger partial charge in [0.05, 0.1) is 18.6 Å². The number of nitrogens with one attached hydrogen (secondary N) is 1. The van der Waals surface area contributed by atoms with Gasteiger partial charge in [0.1, 0.15) is 0 Å². The van der Waals surface area contributed by atoms with Crippen molar-refractivity contribution < 1.29 is 9.53 Å². The van der Waals surface area contributed by atoms with Crippen LogP contribution in [0.1, 0.15) is 20.3 Å². The SMILES string of the molecule is CCC(C)C1(C(=O)NC)COC1. The summed E-state index contributed by atoms with van der Waals surface area (Å²) in [6.07, 6.45) is 1.02. The minimum atomic E-state index is -0.233. The van der Waals surface area contributed by atoms with Gasteiger partial charge in [-0.05, 0) is 5.92 Å². The molecule has 1 rings (SSSR count). The molecule has 1 atom stereocenters. The van der Waals surface area contributed by atoms with Gasteiger partial charge in [-0.2, -0.15) is 0 Å². The third-order valence-electron chi connectivity index (χ3n) is 2.95. The molecule has 1 heterocycles. The third-order valence-corrected chi connectivity index (χ3v) is 2.95. The van der Waals surface area contributed by atoms with E-state index in [2.05, 4.69) is 19.2 Å². The molecular weight excluding hydrogens is 154 g/mol. The molecule has 0 aromatic rings. The Balaban J connectivity index is 2.68. The lowest BCUT2D eigenvalue weighted by atomic mass is 9.72. The Hall–Kier alpha value is -0.570. The van der Waals surface area contributed by atoms with Gasteiger partial charge in [-0.25, -0.2) is 0 Å². The van der Waals surface area contributed by atoms with Crippen LogP contribution >= 0.6 is 0 Å². The molecule has 0 spiro atoms. The number of amides is 1. The van der Waals surface area contributed by atoms with Crippen LogP contribution in [0, 0.1) is 11.3 Å². The molecule has 3 heteroatoms. The van der Waals surface area contributed by atoms with Gasteiger partial charge in [-0.3, -0.25) is 4.79 Å². The lowest BCUT2D eigenvalue weighted by Crippen LogP contribution is -2.57. The molecule has 1 saturated heterocycles. The molecule has 0 aromatic carbocycles. The molecule has 0 saturated carbocycles. The van der Waals surface area contributed by atoms with Gasteiger partial charge in [0, 0.05) is 7.05 Å². The fourth-order valence-electron chi connectivity index (χ4n) is 1.60. The lowest BCUT2D eigenvalue weighted by Gasteiger charge is -2.43. The van der Waals surface area contributed by atoms with E-state index in [1.165, 1.54) is 0 Å². The molecule has 1 unspecified atom stereocenters. The molecule has 1 aliphatic rings. The van der Waals surface area contributed by atoms with E-state index in [4.69, 9.17) is 4.74 Å². The molecule has 0 aromatic heterocycles. The van der Waals surface area contributed by atoms with Gasteiger partial charge >= 0.3 is 0 Å². The molecule has 1 N–H and O–H groups in total. The second-order valence-electron chi connectivity index (χ2n) is 3.54. The van der Waals surface area contributed by atoms with Gasteiger partial charge in [0.15, 0.2) is 0 Å². The Bertz CT molecular complexity index is 175. The van der Waals surface area contributed by atoms with Gasteiger partial charge in [0.25, 0.3) is 0 Å². The highest BCUT2D eigenvalue weighted by atomic mass is 16.5. The number of carbonyl (C=O) groups excluding carboxylic acids is 1. The van der Waals surface area contributed by atoms with Crippen molar-refractivity contribution in [3.05, 3.63) is 0 Å². The number of hydrogen-bond donors (Lipinski definition) is 1. The summed E-state index contributed by atoms with van der Waals surface area (Å²) in [7, 11) is 1.69. The lowest BCUT2D eigenvalue weighted by molar-refractivity contribution is -0.173. The maximum absolute atomic E-state index is 11.5. The molecule has 12 heavy (non-hydrogen) atoms. The zero-order chi connectivity index (χ0) is 9.19. The molecule has 0 aliphatic carbocycles. The Morgan fingerprint density at radius 1 is 1.67 bits per heavy atom. The van der Waals surface area contributed by atoms with Crippen molar-refractivity contribution in [2.45, 2.75) is 20.3 Å². The molecule has 3 nitrogen and oxygen atoms in total. The van der Waals surface area contributed by atoms with Crippen LogP contribution in [0.3, 0.4) is 0 Å². The summed E-state index contributed by atoms with van der Waals surface area (Å²) in [5.74, 6) is 0.536. The highest BCUT2D eigenvalue weighted by Gasteiger charge is 2.48. The van der Waals surface area contributed by atoms with Crippen LogP contribution in [-0.4, -0.2) is 26.2 Å². The minimum Gasteiger partial charge on any atom is -0.379 e. The summed E-state index contributed by atoms with van der Waals surface area (Å²) in [5, 5.41) is 2.70. The first kappa shape index (κ1) is 9.52. The van der Waals surface area contributed by atoms with E-state index < -0.39 is 0 Å². The first-order chi connectivity index (χ1) is 5.67. The van der Waals surface area contributed by atoms with Crippen molar-refractivity contribution in [1.29, 1.82) is 0 Å². The van der Waals surface area contributed by atoms with Gasteiger partial charge in [-0.1, -0.05) is 20.3 Å². The smallest absolute Gasteiger partial charge is 0.230 e. The van der Waals surface area contributed by atoms with Crippen LogP contribution in [0.25, 0.3) is 0 Å². The quantitative estimate of drug-likeness (QED) is 0.682. The Kier molecular flexibility index (Phi) is 2.73. The number of hydrogen-bond acceptors (Lipinski definition) is 2.